The molecule has 0 fully saturated rings. The van der Waals surface area contributed by atoms with Gasteiger partial charge in [-0.1, -0.05) is 72.8 Å². The van der Waals surface area contributed by atoms with E-state index in [2.05, 4.69) is 10.6 Å². The van der Waals surface area contributed by atoms with Crippen molar-refractivity contribution in [2.45, 2.75) is 25.3 Å². The first-order chi connectivity index (χ1) is 20.0. The van der Waals surface area contributed by atoms with Crippen molar-refractivity contribution in [2.24, 2.45) is 0 Å². The van der Waals surface area contributed by atoms with E-state index in [9.17, 15) is 19.5 Å². The third-order valence-corrected chi connectivity index (χ3v) is 6.21. The number of nitrogens with one attached hydrogen (secondary N) is 2. The molecular formula is C33H32N2O6. The number of rotatable bonds is 14. The zero-order valence-corrected chi connectivity index (χ0v) is 22.5. The van der Waals surface area contributed by atoms with E-state index in [0.717, 1.165) is 11.1 Å². The topological polar surface area (TPSA) is 114 Å². The average Bonchev–Trinajstić information content (AvgIpc) is 2.99. The van der Waals surface area contributed by atoms with Gasteiger partial charge in [-0.05, 0) is 53.9 Å². The van der Waals surface area contributed by atoms with Gasteiger partial charge in [-0.2, -0.15) is 0 Å². The Kier molecular flexibility index (Phi) is 10.5. The summed E-state index contributed by atoms with van der Waals surface area (Å²) in [5.41, 5.74) is 2.56. The van der Waals surface area contributed by atoms with Crippen molar-refractivity contribution in [1.29, 1.82) is 0 Å². The summed E-state index contributed by atoms with van der Waals surface area (Å²) in [6.45, 7) is 0.945. The van der Waals surface area contributed by atoms with Crippen molar-refractivity contribution in [3.05, 3.63) is 126 Å². The van der Waals surface area contributed by atoms with Gasteiger partial charge in [0.1, 0.15) is 11.8 Å². The van der Waals surface area contributed by atoms with Gasteiger partial charge in [0.15, 0.2) is 5.75 Å². The SMILES string of the molecule is O=C(Cc1ccccc1)NCCCOc1ccc(CC(Nc2ccccc2OC(=O)c2ccccc2)C(=O)O)cc1. The minimum atomic E-state index is -1.04. The van der Waals surface area contributed by atoms with Gasteiger partial charge in [0.25, 0.3) is 0 Å². The van der Waals surface area contributed by atoms with Gasteiger partial charge in [-0.15, -0.1) is 0 Å². The number of amides is 1. The van der Waals surface area contributed by atoms with E-state index < -0.39 is 18.0 Å². The standard InChI is InChI=1S/C33H32N2O6/c36-31(23-24-10-3-1-4-11-24)34-20-9-21-40-27-18-16-25(17-19-27)22-29(32(37)38)35-28-14-7-8-15-30(28)41-33(39)26-12-5-2-6-13-26/h1-8,10-19,29,35H,9,20-23H2,(H,34,36)(H,37,38). The maximum atomic E-state index is 12.5. The Morgan fingerprint density at radius 2 is 1.41 bits per heavy atom. The van der Waals surface area contributed by atoms with Crippen LogP contribution in [0.5, 0.6) is 11.5 Å². The summed E-state index contributed by atoms with van der Waals surface area (Å²) < 4.78 is 11.3. The highest BCUT2D eigenvalue weighted by Gasteiger charge is 2.20. The number of esters is 1. The lowest BCUT2D eigenvalue weighted by Crippen LogP contribution is -2.31. The molecule has 0 bridgehead atoms. The zero-order chi connectivity index (χ0) is 28.9. The number of para-hydroxylation sites is 2. The fraction of sp³-hybridized carbons (Fsp3) is 0.182. The highest BCUT2D eigenvalue weighted by Crippen LogP contribution is 2.26. The third-order valence-electron chi connectivity index (χ3n) is 6.21. The summed E-state index contributed by atoms with van der Waals surface area (Å²) in [5, 5.41) is 15.8. The molecule has 3 N–H and O–H groups in total. The van der Waals surface area contributed by atoms with Gasteiger partial charge in [0.2, 0.25) is 5.91 Å². The highest BCUT2D eigenvalue weighted by molar-refractivity contribution is 5.92. The van der Waals surface area contributed by atoms with Crippen molar-refractivity contribution in [2.75, 3.05) is 18.5 Å². The number of benzene rings is 4. The molecule has 0 aliphatic carbocycles. The monoisotopic (exact) mass is 552 g/mol. The Hall–Kier alpha value is -5.11. The van der Waals surface area contributed by atoms with E-state index in [-0.39, 0.29) is 18.1 Å². The van der Waals surface area contributed by atoms with Crippen LogP contribution in [0.15, 0.2) is 109 Å². The van der Waals surface area contributed by atoms with Crippen LogP contribution in [0.1, 0.15) is 27.9 Å². The van der Waals surface area contributed by atoms with Gasteiger partial charge in [-0.25, -0.2) is 9.59 Å². The Morgan fingerprint density at radius 1 is 0.756 bits per heavy atom. The summed E-state index contributed by atoms with van der Waals surface area (Å²) >= 11 is 0. The number of anilines is 1. The van der Waals surface area contributed by atoms with Crippen molar-refractivity contribution < 1.29 is 29.0 Å². The van der Waals surface area contributed by atoms with E-state index in [1.807, 2.05) is 42.5 Å². The van der Waals surface area contributed by atoms with Gasteiger partial charge < -0.3 is 25.2 Å². The summed E-state index contributed by atoms with van der Waals surface area (Å²) in [4.78, 5) is 36.6. The lowest BCUT2D eigenvalue weighted by atomic mass is 10.1. The molecule has 8 heteroatoms. The maximum absolute atomic E-state index is 12.5. The van der Waals surface area contributed by atoms with Crippen molar-refractivity contribution in [3.63, 3.8) is 0 Å². The second-order valence-electron chi connectivity index (χ2n) is 9.35. The van der Waals surface area contributed by atoms with Crippen LogP contribution < -0.4 is 20.1 Å². The molecule has 0 aliphatic heterocycles. The predicted molar refractivity (Wildman–Crippen MR) is 156 cm³/mol. The van der Waals surface area contributed by atoms with E-state index in [1.54, 1.807) is 66.7 Å². The van der Waals surface area contributed by atoms with Gasteiger partial charge in [0.05, 0.1) is 24.3 Å². The number of carbonyl (C=O) groups excluding carboxylic acids is 2. The largest absolute Gasteiger partial charge is 0.494 e. The zero-order valence-electron chi connectivity index (χ0n) is 22.5. The molecular weight excluding hydrogens is 520 g/mol. The van der Waals surface area contributed by atoms with Gasteiger partial charge in [-0.3, -0.25) is 4.79 Å². The second-order valence-corrected chi connectivity index (χ2v) is 9.35. The molecule has 0 aromatic heterocycles. The highest BCUT2D eigenvalue weighted by atomic mass is 16.5. The van der Waals surface area contributed by atoms with Crippen LogP contribution >= 0.6 is 0 Å². The van der Waals surface area contributed by atoms with E-state index >= 15 is 0 Å². The van der Waals surface area contributed by atoms with Crippen LogP contribution in [0.2, 0.25) is 0 Å². The van der Waals surface area contributed by atoms with Crippen LogP contribution in [-0.4, -0.2) is 42.1 Å². The third kappa shape index (κ3) is 9.25. The number of aliphatic carboxylic acids is 1. The average molecular weight is 553 g/mol. The molecule has 4 aromatic rings. The molecule has 41 heavy (non-hydrogen) atoms. The summed E-state index contributed by atoms with van der Waals surface area (Å²) in [7, 11) is 0. The number of carboxylic acid groups (broad SMARTS) is 1. The normalized spacial score (nSPS) is 11.2. The number of ether oxygens (including phenoxy) is 2. The lowest BCUT2D eigenvalue weighted by Gasteiger charge is -2.18. The maximum Gasteiger partial charge on any atom is 0.343 e. The molecule has 0 spiro atoms. The first-order valence-corrected chi connectivity index (χ1v) is 13.4. The van der Waals surface area contributed by atoms with Gasteiger partial charge in [0, 0.05) is 13.0 Å². The molecule has 0 radical (unpaired) electrons. The van der Waals surface area contributed by atoms with Crippen LogP contribution in [0, 0.1) is 0 Å². The number of hydrogen-bond donors (Lipinski definition) is 3. The minimum absolute atomic E-state index is 0.0286. The van der Waals surface area contributed by atoms with Crippen LogP contribution in [0.3, 0.4) is 0 Å². The minimum Gasteiger partial charge on any atom is -0.494 e. The summed E-state index contributed by atoms with van der Waals surface area (Å²) in [6, 6.07) is 31.1. The van der Waals surface area contributed by atoms with Gasteiger partial charge >= 0.3 is 11.9 Å². The predicted octanol–water partition coefficient (Wildman–Crippen LogP) is 5.14. The Balaban J connectivity index is 1.25. The lowest BCUT2D eigenvalue weighted by molar-refractivity contribution is -0.137. The quantitative estimate of drug-likeness (QED) is 0.113. The Bertz CT molecular complexity index is 1430. The van der Waals surface area contributed by atoms with Crippen LogP contribution in [0.4, 0.5) is 5.69 Å². The fourth-order valence-corrected chi connectivity index (χ4v) is 4.09. The molecule has 4 rings (SSSR count). The second kappa shape index (κ2) is 14.9. The molecule has 1 amide bonds. The molecule has 4 aromatic carbocycles. The molecule has 0 aliphatic rings. The molecule has 210 valence electrons. The first kappa shape index (κ1) is 28.9. The van der Waals surface area contributed by atoms with Crippen LogP contribution in [-0.2, 0) is 22.4 Å². The summed E-state index contributed by atoms with van der Waals surface area (Å²) in [5.74, 6) is -0.699. The van der Waals surface area contributed by atoms with E-state index in [1.165, 1.54) is 0 Å². The summed E-state index contributed by atoms with van der Waals surface area (Å²) in [6.07, 6.45) is 1.20. The smallest absolute Gasteiger partial charge is 0.343 e. The number of carboxylic acids is 1. The number of hydrogen-bond acceptors (Lipinski definition) is 6. The van der Waals surface area contributed by atoms with E-state index in [0.29, 0.717) is 43.0 Å². The molecule has 0 heterocycles. The van der Waals surface area contributed by atoms with E-state index in [4.69, 9.17) is 9.47 Å². The van der Waals surface area contributed by atoms with Crippen molar-refractivity contribution in [3.8, 4) is 11.5 Å². The fourth-order valence-electron chi connectivity index (χ4n) is 4.09. The Morgan fingerprint density at radius 3 is 2.12 bits per heavy atom. The van der Waals surface area contributed by atoms with Crippen LogP contribution in [0.25, 0.3) is 0 Å². The Labute approximate surface area is 238 Å². The molecule has 0 saturated carbocycles. The van der Waals surface area contributed by atoms with Crippen molar-refractivity contribution in [1.82, 2.24) is 5.32 Å². The number of carbonyl (C=O) groups is 3. The molecule has 0 saturated heterocycles. The molecule has 1 atom stereocenters. The first-order valence-electron chi connectivity index (χ1n) is 13.4. The van der Waals surface area contributed by atoms with Crippen molar-refractivity contribution >= 4 is 23.5 Å². The molecule has 8 nitrogen and oxygen atoms in total. The molecule has 1 unspecified atom stereocenters.